The highest BCUT2D eigenvalue weighted by atomic mass is 16.5. The lowest BCUT2D eigenvalue weighted by Crippen LogP contribution is -2.52. The quantitative estimate of drug-likeness (QED) is 0.526. The van der Waals surface area contributed by atoms with E-state index in [0.717, 1.165) is 0 Å². The van der Waals surface area contributed by atoms with Gasteiger partial charge in [0, 0.05) is 24.1 Å². The molecular weight excluding hydrogens is 414 g/mol. The van der Waals surface area contributed by atoms with Gasteiger partial charge >= 0.3 is 0 Å². The summed E-state index contributed by atoms with van der Waals surface area (Å²) in [4.78, 5) is 61.6. The fourth-order valence-corrected chi connectivity index (χ4v) is 3.87. The molecule has 0 aromatic heterocycles. The van der Waals surface area contributed by atoms with Gasteiger partial charge in [0.15, 0.2) is 12.4 Å². The van der Waals surface area contributed by atoms with Crippen molar-refractivity contribution in [3.05, 3.63) is 59.2 Å². The van der Waals surface area contributed by atoms with Crippen LogP contribution >= 0.6 is 0 Å². The molecule has 2 aromatic carbocycles. The number of piperidine rings is 1. The van der Waals surface area contributed by atoms with Gasteiger partial charge in [0.05, 0.1) is 5.69 Å². The molecule has 0 radical (unpaired) electrons. The van der Waals surface area contributed by atoms with Gasteiger partial charge in [0.1, 0.15) is 11.8 Å². The number of rotatable bonds is 6. The number of carbonyl (C=O) groups excluding carboxylic acids is 5. The zero-order valence-corrected chi connectivity index (χ0v) is 17.3. The van der Waals surface area contributed by atoms with Crippen molar-refractivity contribution in [3.8, 4) is 5.75 Å². The molecule has 1 saturated heterocycles. The second kappa shape index (κ2) is 8.62. The average Bonchev–Trinajstić information content (AvgIpc) is 3.08. The Balaban J connectivity index is 1.39. The number of para-hydroxylation sites is 1. The molecule has 1 unspecified atom stereocenters. The molecule has 9 nitrogen and oxygen atoms in total. The number of carbonyl (C=O) groups is 5. The zero-order valence-electron chi connectivity index (χ0n) is 17.3. The van der Waals surface area contributed by atoms with Crippen molar-refractivity contribution in [2.75, 3.05) is 11.9 Å². The van der Waals surface area contributed by atoms with Gasteiger partial charge in [-0.1, -0.05) is 12.1 Å². The standard InChI is InChI=1S/C23H21N3O6/c1-13(27)16-4-2-3-5-18(16)24-21(29)12-32-15-6-7-17-14(10-15)11-26(23(17)31)19-8-9-20(28)25-22(19)30/h2-7,10,19H,8-9,11-12H2,1H3,(H,24,29)(H,25,28,30). The third kappa shape index (κ3) is 4.22. The minimum absolute atomic E-state index is 0.161. The normalized spacial score (nSPS) is 17.6. The molecule has 2 N–H and O–H groups in total. The average molecular weight is 435 g/mol. The van der Waals surface area contributed by atoms with E-state index in [2.05, 4.69) is 10.6 Å². The van der Waals surface area contributed by atoms with Crippen LogP contribution in [-0.4, -0.2) is 47.0 Å². The first-order valence-corrected chi connectivity index (χ1v) is 10.1. The zero-order chi connectivity index (χ0) is 22.8. The van der Waals surface area contributed by atoms with Crippen molar-refractivity contribution in [2.24, 2.45) is 0 Å². The predicted octanol–water partition coefficient (Wildman–Crippen LogP) is 1.67. The summed E-state index contributed by atoms with van der Waals surface area (Å²) in [7, 11) is 0. The van der Waals surface area contributed by atoms with Crippen molar-refractivity contribution in [3.63, 3.8) is 0 Å². The second-order valence-electron chi connectivity index (χ2n) is 7.66. The summed E-state index contributed by atoms with van der Waals surface area (Å²) >= 11 is 0. The molecule has 164 valence electrons. The maximum Gasteiger partial charge on any atom is 0.262 e. The summed E-state index contributed by atoms with van der Waals surface area (Å²) in [5.41, 5.74) is 1.96. The van der Waals surface area contributed by atoms with Crippen LogP contribution in [0.4, 0.5) is 5.69 Å². The largest absolute Gasteiger partial charge is 0.484 e. The van der Waals surface area contributed by atoms with Crippen LogP contribution < -0.4 is 15.4 Å². The summed E-state index contributed by atoms with van der Waals surface area (Å²) < 4.78 is 5.57. The van der Waals surface area contributed by atoms with E-state index in [9.17, 15) is 24.0 Å². The number of ether oxygens (including phenoxy) is 1. The number of imide groups is 1. The summed E-state index contributed by atoms with van der Waals surface area (Å²) in [6, 6.07) is 10.9. The van der Waals surface area contributed by atoms with E-state index >= 15 is 0 Å². The molecule has 32 heavy (non-hydrogen) atoms. The molecule has 0 aliphatic carbocycles. The Morgan fingerprint density at radius 2 is 1.94 bits per heavy atom. The van der Waals surface area contributed by atoms with E-state index in [1.807, 2.05) is 0 Å². The molecule has 0 spiro atoms. The molecule has 2 aromatic rings. The monoisotopic (exact) mass is 435 g/mol. The van der Waals surface area contributed by atoms with E-state index in [1.54, 1.807) is 42.5 Å². The number of hydrogen-bond donors (Lipinski definition) is 2. The van der Waals surface area contributed by atoms with E-state index in [0.29, 0.717) is 28.1 Å². The fraction of sp³-hybridized carbons (Fsp3) is 0.261. The summed E-state index contributed by atoms with van der Waals surface area (Å²) in [6.07, 6.45) is 0.475. The number of ketones is 1. The number of benzene rings is 2. The van der Waals surface area contributed by atoms with Crippen LogP contribution in [0.3, 0.4) is 0 Å². The third-order valence-corrected chi connectivity index (χ3v) is 5.45. The van der Waals surface area contributed by atoms with Crippen molar-refractivity contribution in [1.29, 1.82) is 0 Å². The van der Waals surface area contributed by atoms with Crippen molar-refractivity contribution < 1.29 is 28.7 Å². The minimum atomic E-state index is -0.691. The Morgan fingerprint density at radius 1 is 1.16 bits per heavy atom. The van der Waals surface area contributed by atoms with Crippen molar-refractivity contribution >= 4 is 35.1 Å². The van der Waals surface area contributed by atoms with Gasteiger partial charge in [0.25, 0.3) is 11.8 Å². The topological polar surface area (TPSA) is 122 Å². The number of fused-ring (bicyclic) bond motifs is 1. The molecule has 0 bridgehead atoms. The summed E-state index contributed by atoms with van der Waals surface area (Å²) in [5, 5.41) is 4.93. The molecule has 2 aliphatic rings. The third-order valence-electron chi connectivity index (χ3n) is 5.45. The van der Waals surface area contributed by atoms with Crippen LogP contribution in [0.5, 0.6) is 5.75 Å². The molecule has 4 rings (SSSR count). The number of amides is 4. The fourth-order valence-electron chi connectivity index (χ4n) is 3.87. The van der Waals surface area contributed by atoms with Crippen LogP contribution in [0.25, 0.3) is 0 Å². The molecule has 1 fully saturated rings. The summed E-state index contributed by atoms with van der Waals surface area (Å²) in [5.74, 6) is -1.28. The number of nitrogens with one attached hydrogen (secondary N) is 2. The number of nitrogens with zero attached hydrogens (tertiary/aromatic N) is 1. The van der Waals surface area contributed by atoms with E-state index in [4.69, 9.17) is 4.74 Å². The highest BCUT2D eigenvalue weighted by Crippen LogP contribution is 2.30. The smallest absolute Gasteiger partial charge is 0.262 e. The maximum atomic E-state index is 12.7. The summed E-state index contributed by atoms with van der Waals surface area (Å²) in [6.45, 7) is 1.36. The number of Topliss-reactive ketones (excluding diaryl/α,β-unsaturated/α-hetero) is 1. The predicted molar refractivity (Wildman–Crippen MR) is 113 cm³/mol. The molecule has 1 atom stereocenters. The molecule has 2 aliphatic heterocycles. The Bertz CT molecular complexity index is 1140. The van der Waals surface area contributed by atoms with Gasteiger partial charge in [-0.15, -0.1) is 0 Å². The van der Waals surface area contributed by atoms with Gasteiger partial charge in [-0.25, -0.2) is 0 Å². The lowest BCUT2D eigenvalue weighted by molar-refractivity contribution is -0.137. The molecule has 9 heteroatoms. The van der Waals surface area contributed by atoms with Crippen LogP contribution in [0.2, 0.25) is 0 Å². The van der Waals surface area contributed by atoms with E-state index in [1.165, 1.54) is 11.8 Å². The van der Waals surface area contributed by atoms with Crippen LogP contribution in [-0.2, 0) is 20.9 Å². The van der Waals surface area contributed by atoms with E-state index in [-0.39, 0.29) is 43.6 Å². The first-order valence-electron chi connectivity index (χ1n) is 10.1. The van der Waals surface area contributed by atoms with Gasteiger partial charge in [-0.3, -0.25) is 29.3 Å². The highest BCUT2D eigenvalue weighted by Gasteiger charge is 2.39. The van der Waals surface area contributed by atoms with Gasteiger partial charge in [-0.05, 0) is 49.2 Å². The number of hydrogen-bond acceptors (Lipinski definition) is 6. The first-order chi connectivity index (χ1) is 15.3. The molecule has 0 saturated carbocycles. The minimum Gasteiger partial charge on any atom is -0.484 e. The maximum absolute atomic E-state index is 12.7. The van der Waals surface area contributed by atoms with Crippen LogP contribution in [0.15, 0.2) is 42.5 Å². The second-order valence-corrected chi connectivity index (χ2v) is 7.66. The lowest BCUT2D eigenvalue weighted by atomic mass is 10.0. The lowest BCUT2D eigenvalue weighted by Gasteiger charge is -2.29. The van der Waals surface area contributed by atoms with Gasteiger partial charge in [0.2, 0.25) is 11.8 Å². The number of anilines is 1. The molecule has 4 amide bonds. The van der Waals surface area contributed by atoms with Crippen molar-refractivity contribution in [1.82, 2.24) is 10.2 Å². The van der Waals surface area contributed by atoms with Crippen LogP contribution in [0.1, 0.15) is 46.0 Å². The molecule has 2 heterocycles. The van der Waals surface area contributed by atoms with Crippen molar-refractivity contribution in [2.45, 2.75) is 32.4 Å². The first kappa shape index (κ1) is 21.2. The Morgan fingerprint density at radius 3 is 2.69 bits per heavy atom. The Hall–Kier alpha value is -4.01. The molecular formula is C23H21N3O6. The SMILES string of the molecule is CC(=O)c1ccccc1NC(=O)COc1ccc2c(c1)CN(C1CCC(=O)NC1=O)C2=O. The highest BCUT2D eigenvalue weighted by molar-refractivity contribution is 6.06. The van der Waals surface area contributed by atoms with Gasteiger partial charge < -0.3 is 15.0 Å². The van der Waals surface area contributed by atoms with Crippen LogP contribution in [0, 0.1) is 0 Å². The Labute approximate surface area is 183 Å². The Kier molecular flexibility index (Phi) is 5.72. The van der Waals surface area contributed by atoms with Gasteiger partial charge in [-0.2, -0.15) is 0 Å². The van der Waals surface area contributed by atoms with E-state index < -0.39 is 17.9 Å².